The van der Waals surface area contributed by atoms with E-state index in [-0.39, 0.29) is 62.4 Å². The van der Waals surface area contributed by atoms with Crippen LogP contribution in [0.2, 0.25) is 5.02 Å². The number of hydrogen-bond donors (Lipinski definition) is 5. The van der Waals surface area contributed by atoms with E-state index in [0.717, 1.165) is 27.3 Å². The third-order valence-electron chi connectivity index (χ3n) is 11.7. The van der Waals surface area contributed by atoms with E-state index in [1.54, 1.807) is 35.3 Å². The number of β-amino-alcohol motifs (C(OH)–C–C–N with tert-alkyl or cyclic N) is 1. The SMILES string of the molecule is Cc1nc(Nc2ncc(C(=O)Nc3c(C)cccc3Cl)s2)cc(N2CCN(C(=O)CCCC(=O)NC(C(=O)N3C[C@H](O)C[C@H]3C(=O)NCc3ccc(-c4scnc4C)cc3)C(C)(C)C)CC2)n1. The maximum Gasteiger partial charge on any atom is 0.267 e. The standard InChI is InChI=1S/C47H56ClN11O6S2/c1-27-9-7-10-33(48)40(27)56-44(64)35-24-50-46(67-35)54-36-22-37(53-29(3)52-36)57-17-19-58(20-18-57)39(62)12-8-11-38(61)55-42(47(4,5)6)45(65)59-25-32(60)21-34(59)43(63)49-23-30-13-15-31(16-14-30)41-28(2)51-26-66-41/h7,9-10,13-16,22,24,26,32,34,42,60H,8,11-12,17-21,23,25H2,1-6H3,(H,49,63)(H,55,61)(H,56,64)(H,50,52,53,54)/t32-,34+,42?/m1/s1. The molecule has 0 radical (unpaired) electrons. The summed E-state index contributed by atoms with van der Waals surface area (Å²) < 4.78 is 0. The van der Waals surface area contributed by atoms with Crippen molar-refractivity contribution >= 4 is 86.3 Å². The van der Waals surface area contributed by atoms with E-state index in [1.807, 2.05) is 76.5 Å². The van der Waals surface area contributed by atoms with Crippen LogP contribution in [0.5, 0.6) is 0 Å². The number of hydrogen-bond acceptors (Lipinski definition) is 14. The van der Waals surface area contributed by atoms with Gasteiger partial charge in [-0.1, -0.05) is 80.1 Å². The molecule has 67 heavy (non-hydrogen) atoms. The topological polar surface area (TPSA) is 215 Å². The fraction of sp³-hybridized carbons (Fsp3) is 0.426. The fourth-order valence-corrected chi connectivity index (χ4v) is 9.85. The summed E-state index contributed by atoms with van der Waals surface area (Å²) in [4.78, 5) is 91.7. The zero-order valence-electron chi connectivity index (χ0n) is 38.4. The predicted molar refractivity (Wildman–Crippen MR) is 261 cm³/mol. The number of nitrogens with one attached hydrogen (secondary N) is 4. The van der Waals surface area contributed by atoms with Crippen molar-refractivity contribution in [2.75, 3.05) is 48.3 Å². The van der Waals surface area contributed by atoms with E-state index in [9.17, 15) is 29.1 Å². The first-order valence-electron chi connectivity index (χ1n) is 22.2. The van der Waals surface area contributed by atoms with Crippen molar-refractivity contribution in [1.82, 2.24) is 40.4 Å². The molecule has 3 aromatic heterocycles. The molecule has 2 aliphatic heterocycles. The fourth-order valence-electron chi connectivity index (χ4n) is 8.05. The summed E-state index contributed by atoms with van der Waals surface area (Å²) in [6, 6.07) is 13.2. The number of aliphatic hydroxyl groups excluding tert-OH is 1. The molecule has 7 rings (SSSR count). The molecule has 2 saturated heterocycles. The van der Waals surface area contributed by atoms with E-state index in [1.165, 1.54) is 22.4 Å². The van der Waals surface area contributed by atoms with Crippen molar-refractivity contribution in [2.24, 2.45) is 5.41 Å². The molecule has 0 aliphatic carbocycles. The first-order chi connectivity index (χ1) is 31.9. The first-order valence-corrected chi connectivity index (χ1v) is 24.2. The van der Waals surface area contributed by atoms with Gasteiger partial charge in [0.05, 0.1) is 39.1 Å². The maximum absolute atomic E-state index is 14.1. The molecule has 17 nitrogen and oxygen atoms in total. The van der Waals surface area contributed by atoms with Gasteiger partial charge in [-0.25, -0.2) is 19.9 Å². The molecule has 5 amide bonds. The second-order valence-corrected chi connectivity index (χ2v) is 20.2. The Morgan fingerprint density at radius 3 is 2.39 bits per heavy atom. The minimum absolute atomic E-state index is 0.0279. The summed E-state index contributed by atoms with van der Waals surface area (Å²) >= 11 is 9.04. The minimum Gasteiger partial charge on any atom is -0.391 e. The minimum atomic E-state index is -0.969. The predicted octanol–water partition coefficient (Wildman–Crippen LogP) is 6.26. The number of thiazole rings is 2. The molecular weight excluding hydrogens is 914 g/mol. The van der Waals surface area contributed by atoms with Gasteiger partial charge in [-0.15, -0.1) is 11.3 Å². The molecule has 0 saturated carbocycles. The van der Waals surface area contributed by atoms with Crippen LogP contribution in [0.25, 0.3) is 10.4 Å². The number of aliphatic hydroxyl groups is 1. The highest BCUT2D eigenvalue weighted by molar-refractivity contribution is 7.17. The zero-order chi connectivity index (χ0) is 48.0. The Bertz CT molecular complexity index is 2590. The van der Waals surface area contributed by atoms with Gasteiger partial charge in [0.25, 0.3) is 5.91 Å². The van der Waals surface area contributed by atoms with Gasteiger partial charge in [0, 0.05) is 64.6 Å². The van der Waals surface area contributed by atoms with Gasteiger partial charge in [0.15, 0.2) is 5.13 Å². The van der Waals surface area contributed by atoms with Gasteiger partial charge < -0.3 is 41.1 Å². The lowest BCUT2D eigenvalue weighted by molar-refractivity contribution is -0.144. The smallest absolute Gasteiger partial charge is 0.267 e. The lowest BCUT2D eigenvalue weighted by atomic mass is 9.85. The van der Waals surface area contributed by atoms with Crippen LogP contribution in [0.15, 0.2) is 60.2 Å². The summed E-state index contributed by atoms with van der Waals surface area (Å²) in [7, 11) is 0. The van der Waals surface area contributed by atoms with Crippen LogP contribution in [-0.4, -0.2) is 115 Å². The van der Waals surface area contributed by atoms with Gasteiger partial charge >= 0.3 is 0 Å². The zero-order valence-corrected chi connectivity index (χ0v) is 40.8. The number of carbonyl (C=O) groups excluding carboxylic acids is 5. The summed E-state index contributed by atoms with van der Waals surface area (Å²) in [5.41, 5.74) is 5.37. The van der Waals surface area contributed by atoms with Gasteiger partial charge in [-0.3, -0.25) is 24.0 Å². The largest absolute Gasteiger partial charge is 0.391 e. The Kier molecular flexibility index (Phi) is 15.5. The van der Waals surface area contributed by atoms with Crippen molar-refractivity contribution < 1.29 is 29.1 Å². The normalized spacial score (nSPS) is 16.7. The Morgan fingerprint density at radius 2 is 1.70 bits per heavy atom. The van der Waals surface area contributed by atoms with Crippen molar-refractivity contribution in [3.05, 3.63) is 92.8 Å². The molecule has 5 aromatic rings. The second kappa shape index (κ2) is 21.3. The number of aromatic nitrogens is 4. The number of nitrogens with zero attached hydrogens (tertiary/aromatic N) is 7. The number of piperazine rings is 1. The first kappa shape index (κ1) is 48.9. The summed E-state index contributed by atoms with van der Waals surface area (Å²) in [5, 5.41) is 23.4. The highest BCUT2D eigenvalue weighted by Gasteiger charge is 2.44. The monoisotopic (exact) mass is 969 g/mol. The van der Waals surface area contributed by atoms with Gasteiger partial charge in [-0.05, 0) is 55.4 Å². The molecule has 0 bridgehead atoms. The number of carbonyl (C=O) groups is 5. The molecule has 2 aromatic carbocycles. The number of amides is 5. The van der Waals surface area contributed by atoms with Crippen LogP contribution >= 0.6 is 34.3 Å². The number of aryl methyl sites for hydroxylation is 3. The Labute approximate surface area is 402 Å². The average Bonchev–Trinajstić information content (AvgIpc) is 4.05. The second-order valence-electron chi connectivity index (χ2n) is 17.9. The van der Waals surface area contributed by atoms with E-state index in [0.29, 0.717) is 64.4 Å². The lowest BCUT2D eigenvalue weighted by Crippen LogP contribution is -2.57. The Morgan fingerprint density at radius 1 is 0.955 bits per heavy atom. The molecule has 0 spiro atoms. The molecule has 2 fully saturated rings. The van der Waals surface area contributed by atoms with Gasteiger partial charge in [0.2, 0.25) is 23.6 Å². The average molecular weight is 971 g/mol. The Hall–Kier alpha value is -6.02. The number of para-hydroxylation sites is 1. The molecule has 5 heterocycles. The third-order valence-corrected chi connectivity index (χ3v) is 13.9. The van der Waals surface area contributed by atoms with Crippen LogP contribution in [0, 0.1) is 26.2 Å². The quantitative estimate of drug-likeness (QED) is 0.0787. The third kappa shape index (κ3) is 12.3. The van der Waals surface area contributed by atoms with Crippen molar-refractivity contribution in [2.45, 2.75) is 92.0 Å². The lowest BCUT2D eigenvalue weighted by Gasteiger charge is -2.36. The number of benzene rings is 2. The molecule has 3 atom stereocenters. The van der Waals surface area contributed by atoms with Crippen LogP contribution in [0.1, 0.15) is 78.8 Å². The highest BCUT2D eigenvalue weighted by Crippen LogP contribution is 2.31. The number of halogens is 1. The molecule has 354 valence electrons. The molecule has 20 heteroatoms. The number of rotatable bonds is 15. The number of anilines is 4. The molecule has 2 aliphatic rings. The van der Waals surface area contributed by atoms with E-state index in [4.69, 9.17) is 11.6 Å². The van der Waals surface area contributed by atoms with Crippen LogP contribution < -0.4 is 26.2 Å². The molecule has 5 N–H and O–H groups in total. The highest BCUT2D eigenvalue weighted by atomic mass is 35.5. The van der Waals surface area contributed by atoms with E-state index < -0.39 is 29.5 Å². The molecular formula is C47H56ClN11O6S2. The van der Waals surface area contributed by atoms with Crippen LogP contribution in [0.4, 0.5) is 22.5 Å². The van der Waals surface area contributed by atoms with E-state index in [2.05, 4.69) is 46.1 Å². The summed E-state index contributed by atoms with van der Waals surface area (Å²) in [6.45, 7) is 13.3. The van der Waals surface area contributed by atoms with Crippen LogP contribution in [0.3, 0.4) is 0 Å². The van der Waals surface area contributed by atoms with Crippen molar-refractivity contribution in [3.8, 4) is 10.4 Å². The van der Waals surface area contributed by atoms with E-state index >= 15 is 0 Å². The Balaban J connectivity index is 0.860. The molecule has 1 unspecified atom stereocenters. The van der Waals surface area contributed by atoms with Gasteiger partial charge in [0.1, 0.15) is 34.4 Å². The number of likely N-dealkylation sites (tertiary alicyclic amines) is 1. The summed E-state index contributed by atoms with van der Waals surface area (Å²) in [6.07, 6.45) is 1.16. The van der Waals surface area contributed by atoms with Crippen LogP contribution in [-0.2, 0) is 25.7 Å². The summed E-state index contributed by atoms with van der Waals surface area (Å²) in [5.74, 6) is 0.132. The van der Waals surface area contributed by atoms with Crippen molar-refractivity contribution in [1.29, 1.82) is 0 Å². The van der Waals surface area contributed by atoms with Gasteiger partial charge in [-0.2, -0.15) is 0 Å². The van der Waals surface area contributed by atoms with Crippen molar-refractivity contribution in [3.63, 3.8) is 0 Å². The maximum atomic E-state index is 14.1.